The van der Waals surface area contributed by atoms with Crippen molar-refractivity contribution in [1.29, 1.82) is 0 Å². The molecule has 3 heteroatoms. The van der Waals surface area contributed by atoms with Gasteiger partial charge in [0.15, 0.2) is 0 Å². The fraction of sp³-hybridized carbons (Fsp3) is 0.294. The highest BCUT2D eigenvalue weighted by molar-refractivity contribution is 7.73. The Morgan fingerprint density at radius 3 is 1.38 bits per heavy atom. The van der Waals surface area contributed by atoms with Gasteiger partial charge < -0.3 is 5.11 Å². The van der Waals surface area contributed by atoms with Crippen LogP contribution in [-0.2, 0) is 0 Å². The molecule has 5 rings (SSSR count). The molecule has 0 spiro atoms. The summed E-state index contributed by atoms with van der Waals surface area (Å²) in [6, 6.07) is 44.4. The van der Waals surface area contributed by atoms with E-state index >= 15 is 0 Å². The lowest BCUT2D eigenvalue weighted by Crippen LogP contribution is -2.44. The molecule has 1 fully saturated rings. The Hall–Kier alpha value is -2.30. The normalized spacial score (nSPS) is 23.5. The molecule has 4 aromatic carbocycles. The molecule has 0 bridgehead atoms. The van der Waals surface area contributed by atoms with Crippen LogP contribution in [-0.4, -0.2) is 24.0 Å². The number of aliphatic hydroxyl groups is 1. The van der Waals surface area contributed by atoms with Gasteiger partial charge in [0, 0.05) is 6.61 Å². The summed E-state index contributed by atoms with van der Waals surface area (Å²) in [6.07, 6.45) is 4.54. The average molecular weight is 525 g/mol. The van der Waals surface area contributed by atoms with E-state index in [-0.39, 0.29) is 17.4 Å². The number of rotatable bonds is 9. The lowest BCUT2D eigenvalue weighted by molar-refractivity contribution is 0.0338. The van der Waals surface area contributed by atoms with Gasteiger partial charge in [-0.3, -0.25) is 0 Å². The smallest absolute Gasteiger partial charge is 0.0490 e. The highest BCUT2D eigenvalue weighted by Crippen LogP contribution is 2.62. The quantitative estimate of drug-likeness (QED) is 0.243. The van der Waals surface area contributed by atoms with Gasteiger partial charge in [-0.25, -0.2) is 0 Å². The second kappa shape index (κ2) is 11.6. The first kappa shape index (κ1) is 26.3. The summed E-state index contributed by atoms with van der Waals surface area (Å²) in [5.74, 6) is 0.550. The van der Waals surface area contributed by atoms with Crippen molar-refractivity contribution >= 4 is 37.1 Å². The molecular formula is C34H38OP2. The van der Waals surface area contributed by atoms with Crippen molar-refractivity contribution in [3.63, 3.8) is 0 Å². The van der Waals surface area contributed by atoms with E-state index in [2.05, 4.69) is 135 Å². The van der Waals surface area contributed by atoms with Crippen LogP contribution in [0.2, 0.25) is 0 Å². The zero-order valence-corrected chi connectivity index (χ0v) is 23.8. The molecule has 1 aliphatic rings. The van der Waals surface area contributed by atoms with Crippen molar-refractivity contribution in [1.82, 2.24) is 0 Å². The zero-order chi connectivity index (χ0) is 25.7. The minimum Gasteiger partial charge on any atom is -0.396 e. The number of hydrogen-bond donors (Lipinski definition) is 1. The molecule has 190 valence electrons. The summed E-state index contributed by atoms with van der Waals surface area (Å²) in [5.41, 5.74) is -0.0561. The largest absolute Gasteiger partial charge is 0.396 e. The van der Waals surface area contributed by atoms with Crippen molar-refractivity contribution in [2.24, 2.45) is 16.7 Å². The van der Waals surface area contributed by atoms with E-state index in [4.69, 9.17) is 0 Å². The fourth-order valence-electron chi connectivity index (χ4n) is 6.13. The molecule has 0 saturated heterocycles. The first-order chi connectivity index (χ1) is 18.0. The third kappa shape index (κ3) is 5.47. The van der Waals surface area contributed by atoms with Crippen LogP contribution in [0.1, 0.15) is 26.7 Å². The Bertz CT molecular complexity index is 1170. The van der Waals surface area contributed by atoms with E-state index in [0.29, 0.717) is 5.92 Å². The molecule has 3 atom stereocenters. The Morgan fingerprint density at radius 2 is 1.00 bits per heavy atom. The van der Waals surface area contributed by atoms with Gasteiger partial charge in [-0.15, -0.1) is 0 Å². The van der Waals surface area contributed by atoms with Crippen LogP contribution in [0.15, 0.2) is 121 Å². The van der Waals surface area contributed by atoms with Gasteiger partial charge in [-0.05, 0) is 79.0 Å². The van der Waals surface area contributed by atoms with Gasteiger partial charge in [-0.2, -0.15) is 0 Å². The van der Waals surface area contributed by atoms with E-state index in [1.54, 1.807) is 0 Å². The molecule has 1 nitrogen and oxygen atoms in total. The van der Waals surface area contributed by atoms with Gasteiger partial charge in [0.1, 0.15) is 0 Å². The van der Waals surface area contributed by atoms with Crippen molar-refractivity contribution in [2.75, 3.05) is 18.9 Å². The lowest BCUT2D eigenvalue weighted by atomic mass is 9.66. The van der Waals surface area contributed by atoms with Crippen LogP contribution < -0.4 is 21.2 Å². The van der Waals surface area contributed by atoms with Crippen molar-refractivity contribution in [3.8, 4) is 0 Å². The average Bonchev–Trinajstić information content (AvgIpc) is 3.21. The van der Waals surface area contributed by atoms with Crippen LogP contribution >= 0.6 is 15.8 Å². The molecule has 0 radical (unpaired) electrons. The first-order valence-corrected chi connectivity index (χ1v) is 16.5. The molecule has 0 aromatic heterocycles. The highest BCUT2D eigenvalue weighted by Gasteiger charge is 2.55. The van der Waals surface area contributed by atoms with Crippen molar-refractivity contribution in [3.05, 3.63) is 121 Å². The summed E-state index contributed by atoms with van der Waals surface area (Å²) in [7, 11) is -1.01. The van der Waals surface area contributed by atoms with E-state index in [1.165, 1.54) is 33.8 Å². The summed E-state index contributed by atoms with van der Waals surface area (Å²) in [4.78, 5) is 0. The predicted molar refractivity (Wildman–Crippen MR) is 164 cm³/mol. The Morgan fingerprint density at radius 1 is 0.622 bits per heavy atom. The third-order valence-electron chi connectivity index (χ3n) is 8.83. The monoisotopic (exact) mass is 524 g/mol. The van der Waals surface area contributed by atoms with Crippen LogP contribution in [0, 0.1) is 16.7 Å². The SMILES string of the molecule is C[C@@]1(CO)CC[C@H](CP(c2ccccc2)c2ccccc2)[C@]1(C)CP(c1ccccc1)c1ccccc1. The number of benzene rings is 4. The van der Waals surface area contributed by atoms with Gasteiger partial charge in [-0.1, -0.05) is 135 Å². The van der Waals surface area contributed by atoms with Gasteiger partial charge in [0.2, 0.25) is 0 Å². The van der Waals surface area contributed by atoms with Gasteiger partial charge >= 0.3 is 0 Å². The zero-order valence-electron chi connectivity index (χ0n) is 22.0. The standard InChI is InChI=1S/C34H38OP2/c1-33(26-35)24-23-28(25-36(29-15-7-3-8-16-29)30-17-9-4-10-18-30)34(33,2)27-37(31-19-11-5-12-20-31)32-21-13-6-14-22-32/h3-22,28,35H,23-27H2,1-2H3/t28-,33+,34+/m1/s1. The van der Waals surface area contributed by atoms with Crippen LogP contribution in [0.25, 0.3) is 0 Å². The van der Waals surface area contributed by atoms with Gasteiger partial charge in [0.05, 0.1) is 0 Å². The minimum atomic E-state index is -0.539. The van der Waals surface area contributed by atoms with Gasteiger partial charge in [0.25, 0.3) is 0 Å². The van der Waals surface area contributed by atoms with Crippen LogP contribution in [0.5, 0.6) is 0 Å². The van der Waals surface area contributed by atoms with Crippen molar-refractivity contribution < 1.29 is 5.11 Å². The fourth-order valence-corrected chi connectivity index (χ4v) is 12.0. The molecule has 0 heterocycles. The summed E-state index contributed by atoms with van der Waals surface area (Å²) in [5, 5.41) is 16.6. The van der Waals surface area contributed by atoms with E-state index in [1.807, 2.05) is 0 Å². The summed E-state index contributed by atoms with van der Waals surface area (Å²) in [6.45, 7) is 5.11. The molecule has 1 N–H and O–H groups in total. The number of aliphatic hydroxyl groups excluding tert-OH is 1. The molecule has 4 aromatic rings. The molecule has 37 heavy (non-hydrogen) atoms. The summed E-state index contributed by atoms with van der Waals surface area (Å²) < 4.78 is 0. The topological polar surface area (TPSA) is 20.2 Å². The predicted octanol–water partition coefficient (Wildman–Crippen LogP) is 6.67. The van der Waals surface area contributed by atoms with E-state index < -0.39 is 15.8 Å². The van der Waals surface area contributed by atoms with Crippen LogP contribution in [0.4, 0.5) is 0 Å². The maximum absolute atomic E-state index is 10.8. The molecule has 1 aliphatic carbocycles. The molecule has 0 amide bonds. The van der Waals surface area contributed by atoms with E-state index in [9.17, 15) is 5.11 Å². The maximum atomic E-state index is 10.8. The summed E-state index contributed by atoms with van der Waals surface area (Å²) >= 11 is 0. The Balaban J connectivity index is 1.54. The lowest BCUT2D eigenvalue weighted by Gasteiger charge is -2.47. The Labute approximate surface area is 225 Å². The molecule has 0 aliphatic heterocycles. The maximum Gasteiger partial charge on any atom is 0.0490 e. The molecule has 1 saturated carbocycles. The van der Waals surface area contributed by atoms with Crippen molar-refractivity contribution in [2.45, 2.75) is 26.7 Å². The second-order valence-corrected chi connectivity index (χ2v) is 15.4. The molecule has 0 unspecified atom stereocenters. The highest BCUT2D eigenvalue weighted by atomic mass is 31.1. The molecular weight excluding hydrogens is 486 g/mol. The number of hydrogen-bond acceptors (Lipinski definition) is 1. The Kier molecular flexibility index (Phi) is 8.26. The second-order valence-electron chi connectivity index (χ2n) is 10.9. The minimum absolute atomic E-state index is 0.0310. The van der Waals surface area contributed by atoms with E-state index in [0.717, 1.165) is 12.6 Å². The van der Waals surface area contributed by atoms with Crippen LogP contribution in [0.3, 0.4) is 0 Å². The first-order valence-electron chi connectivity index (χ1n) is 13.4. The third-order valence-corrected chi connectivity index (χ3v) is 14.3.